The van der Waals surface area contributed by atoms with Crippen LogP contribution in [-0.4, -0.2) is 14.5 Å². The summed E-state index contributed by atoms with van der Waals surface area (Å²) in [5.74, 6) is 0. The van der Waals surface area contributed by atoms with Gasteiger partial charge < -0.3 is 0 Å². The molecular weight excluding hydrogens is 286 g/mol. The van der Waals surface area contributed by atoms with E-state index in [0.717, 1.165) is 0 Å². The first-order chi connectivity index (χ1) is 9.38. The van der Waals surface area contributed by atoms with E-state index >= 15 is 0 Å². The van der Waals surface area contributed by atoms with Crippen LogP contribution in [0.2, 0.25) is 5.02 Å². The molecule has 0 aliphatic rings. The molecule has 0 fully saturated rings. The summed E-state index contributed by atoms with van der Waals surface area (Å²) in [7, 11) is 0. The number of non-ortho nitro benzene ring substituents is 1. The Labute approximate surface area is 117 Å². The lowest BCUT2D eigenvalue weighted by atomic mass is 10.2. The highest BCUT2D eigenvalue weighted by Crippen LogP contribution is 2.22. The van der Waals surface area contributed by atoms with Crippen LogP contribution in [0.25, 0.3) is 0 Å². The number of nitrogens with zero attached hydrogens (tertiary/aromatic N) is 2. The van der Waals surface area contributed by atoms with Crippen molar-refractivity contribution in [2.24, 2.45) is 0 Å². The molecular formula is C12H10ClN3O4. The zero-order valence-electron chi connectivity index (χ0n) is 10.4. The Bertz CT molecular complexity index is 794. The van der Waals surface area contributed by atoms with Gasteiger partial charge in [0, 0.05) is 23.9 Å². The molecule has 1 aromatic carbocycles. The first-order valence-electron chi connectivity index (χ1n) is 5.61. The van der Waals surface area contributed by atoms with Crippen molar-refractivity contribution in [1.29, 1.82) is 0 Å². The highest BCUT2D eigenvalue weighted by Gasteiger charge is 2.10. The number of H-pyrrole nitrogens is 1. The number of benzene rings is 1. The Morgan fingerprint density at radius 3 is 2.70 bits per heavy atom. The van der Waals surface area contributed by atoms with Crippen molar-refractivity contribution in [2.75, 3.05) is 0 Å². The van der Waals surface area contributed by atoms with Gasteiger partial charge in [-0.3, -0.25) is 24.5 Å². The van der Waals surface area contributed by atoms with Crippen molar-refractivity contribution in [2.45, 2.75) is 13.5 Å². The number of hydrogen-bond acceptors (Lipinski definition) is 4. The summed E-state index contributed by atoms with van der Waals surface area (Å²) in [6.45, 7) is 1.69. The number of nitro groups is 1. The van der Waals surface area contributed by atoms with E-state index in [1.807, 2.05) is 0 Å². The summed E-state index contributed by atoms with van der Waals surface area (Å²) in [4.78, 5) is 35.1. The third-order valence-corrected chi connectivity index (χ3v) is 3.13. The van der Waals surface area contributed by atoms with Gasteiger partial charge in [0.2, 0.25) is 0 Å². The first kappa shape index (κ1) is 14.0. The van der Waals surface area contributed by atoms with Crippen molar-refractivity contribution in [1.82, 2.24) is 9.55 Å². The SMILES string of the molecule is Cc1cn(Cc2ccc([N+](=O)[O-])cc2Cl)c(=O)[nH]c1=O. The molecule has 2 rings (SSSR count). The largest absolute Gasteiger partial charge is 0.328 e. The molecule has 1 aromatic heterocycles. The van der Waals surface area contributed by atoms with Crippen molar-refractivity contribution < 1.29 is 4.92 Å². The van der Waals surface area contributed by atoms with E-state index in [0.29, 0.717) is 11.1 Å². The predicted molar refractivity (Wildman–Crippen MR) is 73.3 cm³/mol. The smallest absolute Gasteiger partial charge is 0.296 e. The molecule has 0 radical (unpaired) electrons. The molecule has 8 heteroatoms. The second kappa shape index (κ2) is 5.30. The Kier molecular flexibility index (Phi) is 3.71. The van der Waals surface area contributed by atoms with Gasteiger partial charge in [0.15, 0.2) is 0 Å². The third-order valence-electron chi connectivity index (χ3n) is 2.78. The van der Waals surface area contributed by atoms with E-state index in [1.165, 1.54) is 29.0 Å². The minimum Gasteiger partial charge on any atom is -0.296 e. The Morgan fingerprint density at radius 1 is 1.40 bits per heavy atom. The van der Waals surface area contributed by atoms with Gasteiger partial charge in [-0.05, 0) is 18.6 Å². The van der Waals surface area contributed by atoms with Crippen LogP contribution in [0.15, 0.2) is 34.0 Å². The van der Waals surface area contributed by atoms with Gasteiger partial charge in [-0.2, -0.15) is 0 Å². The molecule has 0 saturated heterocycles. The summed E-state index contributed by atoms with van der Waals surface area (Å²) in [5.41, 5.74) is -0.187. The molecule has 2 aromatic rings. The van der Waals surface area contributed by atoms with E-state index in [1.54, 1.807) is 6.92 Å². The number of rotatable bonds is 3. The predicted octanol–water partition coefficient (Wildman–Crippen LogP) is 1.45. The Hall–Kier alpha value is -2.41. The van der Waals surface area contributed by atoms with Gasteiger partial charge in [-0.25, -0.2) is 4.79 Å². The zero-order valence-corrected chi connectivity index (χ0v) is 11.2. The summed E-state index contributed by atoms with van der Waals surface area (Å²) in [6, 6.07) is 4.01. The topological polar surface area (TPSA) is 98.0 Å². The number of aryl methyl sites for hydroxylation is 1. The van der Waals surface area contributed by atoms with Gasteiger partial charge in [-0.15, -0.1) is 0 Å². The maximum atomic E-state index is 11.6. The molecule has 0 bridgehead atoms. The van der Waals surface area contributed by atoms with Gasteiger partial charge in [0.05, 0.1) is 16.5 Å². The van der Waals surface area contributed by atoms with Gasteiger partial charge in [0.1, 0.15) is 0 Å². The lowest BCUT2D eigenvalue weighted by Gasteiger charge is -2.07. The van der Waals surface area contributed by atoms with Crippen molar-refractivity contribution in [3.05, 3.63) is 71.5 Å². The number of aromatic nitrogens is 2. The fourth-order valence-corrected chi connectivity index (χ4v) is 1.93. The number of nitrogens with one attached hydrogen (secondary N) is 1. The van der Waals surface area contributed by atoms with Crippen LogP contribution in [0.3, 0.4) is 0 Å². The van der Waals surface area contributed by atoms with Crippen LogP contribution in [0, 0.1) is 17.0 Å². The number of nitro benzene ring substituents is 1. The summed E-state index contributed by atoms with van der Waals surface area (Å²) < 4.78 is 1.28. The van der Waals surface area contributed by atoms with Crippen molar-refractivity contribution in [3.63, 3.8) is 0 Å². The minimum absolute atomic E-state index is 0.118. The lowest BCUT2D eigenvalue weighted by Crippen LogP contribution is -2.31. The van der Waals surface area contributed by atoms with Crippen molar-refractivity contribution in [3.8, 4) is 0 Å². The van der Waals surface area contributed by atoms with Crippen LogP contribution in [0.1, 0.15) is 11.1 Å². The lowest BCUT2D eigenvalue weighted by molar-refractivity contribution is -0.384. The monoisotopic (exact) mass is 295 g/mol. The van der Waals surface area contributed by atoms with Crippen LogP contribution in [0.4, 0.5) is 5.69 Å². The van der Waals surface area contributed by atoms with E-state index in [-0.39, 0.29) is 17.3 Å². The summed E-state index contributed by atoms with van der Waals surface area (Å²) >= 11 is 5.96. The second-order valence-electron chi connectivity index (χ2n) is 4.23. The molecule has 1 heterocycles. The number of hydrogen-bond donors (Lipinski definition) is 1. The van der Waals surface area contributed by atoms with E-state index in [2.05, 4.69) is 4.98 Å². The molecule has 0 aliphatic heterocycles. The second-order valence-corrected chi connectivity index (χ2v) is 4.64. The highest BCUT2D eigenvalue weighted by molar-refractivity contribution is 6.31. The quantitative estimate of drug-likeness (QED) is 0.684. The average molecular weight is 296 g/mol. The van der Waals surface area contributed by atoms with Crippen LogP contribution in [0.5, 0.6) is 0 Å². The van der Waals surface area contributed by atoms with Gasteiger partial charge in [0.25, 0.3) is 11.2 Å². The fourth-order valence-electron chi connectivity index (χ4n) is 1.70. The molecule has 0 saturated carbocycles. The van der Waals surface area contributed by atoms with E-state index in [9.17, 15) is 19.7 Å². The van der Waals surface area contributed by atoms with Crippen LogP contribution in [-0.2, 0) is 6.54 Å². The summed E-state index contributed by atoms with van der Waals surface area (Å²) in [5, 5.41) is 10.8. The third kappa shape index (κ3) is 2.77. The fraction of sp³-hybridized carbons (Fsp3) is 0.167. The number of aromatic amines is 1. The molecule has 20 heavy (non-hydrogen) atoms. The number of halogens is 1. The molecule has 7 nitrogen and oxygen atoms in total. The average Bonchev–Trinajstić information content (AvgIpc) is 2.37. The Balaban J connectivity index is 2.40. The van der Waals surface area contributed by atoms with Gasteiger partial charge in [-0.1, -0.05) is 11.6 Å². The molecule has 1 N–H and O–H groups in total. The van der Waals surface area contributed by atoms with Crippen LogP contribution < -0.4 is 11.2 Å². The highest BCUT2D eigenvalue weighted by atomic mass is 35.5. The molecule has 0 spiro atoms. The zero-order chi connectivity index (χ0) is 14.9. The molecule has 0 amide bonds. The molecule has 0 unspecified atom stereocenters. The van der Waals surface area contributed by atoms with E-state index < -0.39 is 16.2 Å². The maximum Gasteiger partial charge on any atom is 0.328 e. The maximum absolute atomic E-state index is 11.6. The minimum atomic E-state index is -0.560. The van der Waals surface area contributed by atoms with Gasteiger partial charge >= 0.3 is 5.69 Å². The molecule has 0 atom stereocenters. The Morgan fingerprint density at radius 2 is 2.10 bits per heavy atom. The standard InChI is InChI=1S/C12H10ClN3O4/c1-7-5-15(12(18)14-11(7)17)6-8-2-3-9(16(19)20)4-10(8)13/h2-5H,6H2,1H3,(H,14,17,18). The molecule has 0 aliphatic carbocycles. The van der Waals surface area contributed by atoms with Crippen molar-refractivity contribution >= 4 is 17.3 Å². The van der Waals surface area contributed by atoms with Crippen LogP contribution >= 0.6 is 11.6 Å². The molecule has 104 valence electrons. The summed E-state index contributed by atoms with van der Waals surface area (Å²) in [6.07, 6.45) is 1.42. The van der Waals surface area contributed by atoms with E-state index in [4.69, 9.17) is 11.6 Å². The normalized spacial score (nSPS) is 10.5. The first-order valence-corrected chi connectivity index (χ1v) is 5.99.